The van der Waals surface area contributed by atoms with Gasteiger partial charge < -0.3 is 5.73 Å². The first-order chi connectivity index (χ1) is 8.83. The zero-order valence-corrected chi connectivity index (χ0v) is 11.4. The number of hydrogen-bond acceptors (Lipinski definition) is 2. The molecule has 0 amide bonds. The molecule has 0 radical (unpaired) electrons. The number of thiophene rings is 1. The molecule has 3 rings (SSSR count). The predicted octanol–water partition coefficient (Wildman–Crippen LogP) is 3.87. The van der Waals surface area contributed by atoms with E-state index in [0.717, 1.165) is 12.8 Å². The van der Waals surface area contributed by atoms with Crippen LogP contribution in [-0.4, -0.2) is 0 Å². The molecule has 0 bridgehead atoms. The molecular weight excluding hydrogens is 238 g/mol. The Morgan fingerprint density at radius 3 is 2.89 bits per heavy atom. The van der Waals surface area contributed by atoms with Gasteiger partial charge in [0.25, 0.3) is 0 Å². The quantitative estimate of drug-likeness (QED) is 0.884. The summed E-state index contributed by atoms with van der Waals surface area (Å²) in [6.07, 6.45) is 5.92. The van der Waals surface area contributed by atoms with Gasteiger partial charge in [0.15, 0.2) is 0 Å². The van der Waals surface area contributed by atoms with Gasteiger partial charge >= 0.3 is 0 Å². The summed E-state index contributed by atoms with van der Waals surface area (Å²) in [5.74, 6) is 0. The molecule has 0 fully saturated rings. The molecule has 1 aromatic heterocycles. The lowest BCUT2D eigenvalue weighted by Crippen LogP contribution is -2.11. The first kappa shape index (κ1) is 11.9. The Kier molecular flexibility index (Phi) is 3.48. The third-order valence-electron chi connectivity index (χ3n) is 3.87. The van der Waals surface area contributed by atoms with E-state index in [0.29, 0.717) is 0 Å². The fourth-order valence-corrected chi connectivity index (χ4v) is 3.45. The Hall–Kier alpha value is -1.12. The average molecular weight is 257 g/mol. The molecule has 0 aliphatic heterocycles. The van der Waals surface area contributed by atoms with Gasteiger partial charge in [-0.3, -0.25) is 0 Å². The van der Waals surface area contributed by atoms with Crippen LogP contribution in [0.1, 0.15) is 41.1 Å². The van der Waals surface area contributed by atoms with Crippen molar-refractivity contribution in [2.45, 2.75) is 38.1 Å². The van der Waals surface area contributed by atoms with Gasteiger partial charge in [-0.1, -0.05) is 18.2 Å². The van der Waals surface area contributed by atoms with Crippen LogP contribution in [0, 0.1) is 0 Å². The van der Waals surface area contributed by atoms with E-state index in [4.69, 9.17) is 5.73 Å². The third kappa shape index (κ3) is 2.50. The van der Waals surface area contributed by atoms with Gasteiger partial charge in [-0.2, -0.15) is 11.3 Å². The predicted molar refractivity (Wildman–Crippen MR) is 78.0 cm³/mol. The Labute approximate surface area is 113 Å². The summed E-state index contributed by atoms with van der Waals surface area (Å²) in [7, 11) is 0. The van der Waals surface area contributed by atoms with Crippen LogP contribution in [0.3, 0.4) is 0 Å². The van der Waals surface area contributed by atoms with Crippen LogP contribution in [0.4, 0.5) is 0 Å². The number of hydrogen-bond donors (Lipinski definition) is 1. The van der Waals surface area contributed by atoms with E-state index in [1.165, 1.54) is 41.5 Å². The van der Waals surface area contributed by atoms with E-state index < -0.39 is 0 Å². The molecule has 1 atom stereocenters. The minimum absolute atomic E-state index is 0.177. The molecule has 18 heavy (non-hydrogen) atoms. The average Bonchev–Trinajstić information content (AvgIpc) is 3.05. The first-order valence-corrected chi connectivity index (χ1v) is 7.65. The summed E-state index contributed by atoms with van der Waals surface area (Å²) in [4.78, 5) is 0. The largest absolute Gasteiger partial charge is 0.324 e. The number of benzene rings is 1. The highest BCUT2D eigenvalue weighted by molar-refractivity contribution is 7.07. The molecule has 94 valence electrons. The maximum atomic E-state index is 6.31. The van der Waals surface area contributed by atoms with Crippen molar-refractivity contribution in [2.75, 3.05) is 0 Å². The van der Waals surface area contributed by atoms with Crippen LogP contribution < -0.4 is 5.73 Å². The molecule has 2 aromatic rings. The van der Waals surface area contributed by atoms with Crippen molar-refractivity contribution in [1.82, 2.24) is 0 Å². The minimum Gasteiger partial charge on any atom is -0.324 e. The monoisotopic (exact) mass is 257 g/mol. The van der Waals surface area contributed by atoms with E-state index in [9.17, 15) is 0 Å². The van der Waals surface area contributed by atoms with Crippen LogP contribution in [-0.2, 0) is 19.3 Å². The number of aryl methyl sites for hydroxylation is 3. The van der Waals surface area contributed by atoms with Gasteiger partial charge in [0.1, 0.15) is 0 Å². The standard InChI is InChI=1S/C16H19NS/c17-16(7-4-12-8-9-18-11-12)15-6-5-13-2-1-3-14(13)10-15/h5-6,8-11,16H,1-4,7,17H2. The van der Waals surface area contributed by atoms with Crippen molar-refractivity contribution in [3.8, 4) is 0 Å². The van der Waals surface area contributed by atoms with E-state index in [1.807, 2.05) is 0 Å². The number of nitrogens with two attached hydrogens (primary N) is 1. The molecule has 1 aromatic carbocycles. The van der Waals surface area contributed by atoms with Gasteiger partial charge in [-0.25, -0.2) is 0 Å². The van der Waals surface area contributed by atoms with Crippen molar-refractivity contribution in [3.63, 3.8) is 0 Å². The Morgan fingerprint density at radius 2 is 2.06 bits per heavy atom. The summed E-state index contributed by atoms with van der Waals surface area (Å²) in [6.45, 7) is 0. The molecule has 1 unspecified atom stereocenters. The van der Waals surface area contributed by atoms with E-state index >= 15 is 0 Å². The highest BCUT2D eigenvalue weighted by atomic mass is 32.1. The van der Waals surface area contributed by atoms with E-state index in [2.05, 4.69) is 35.0 Å². The van der Waals surface area contributed by atoms with Crippen molar-refractivity contribution in [2.24, 2.45) is 5.73 Å². The fourth-order valence-electron chi connectivity index (χ4n) is 2.75. The second kappa shape index (κ2) is 5.25. The molecule has 2 N–H and O–H groups in total. The van der Waals surface area contributed by atoms with Crippen molar-refractivity contribution in [1.29, 1.82) is 0 Å². The van der Waals surface area contributed by atoms with Gasteiger partial charge in [0.2, 0.25) is 0 Å². The van der Waals surface area contributed by atoms with E-state index in [1.54, 1.807) is 11.3 Å². The smallest absolute Gasteiger partial charge is 0.0298 e. The molecule has 0 saturated carbocycles. The Balaban J connectivity index is 1.67. The Bertz CT molecular complexity index is 516. The second-order valence-corrected chi connectivity index (χ2v) is 5.94. The van der Waals surface area contributed by atoms with Crippen LogP contribution in [0.5, 0.6) is 0 Å². The summed E-state index contributed by atoms with van der Waals surface area (Å²) >= 11 is 1.76. The maximum Gasteiger partial charge on any atom is 0.0298 e. The molecule has 1 nitrogen and oxygen atoms in total. The highest BCUT2D eigenvalue weighted by Gasteiger charge is 2.13. The molecule has 0 spiro atoms. The second-order valence-electron chi connectivity index (χ2n) is 5.16. The lowest BCUT2D eigenvalue weighted by atomic mass is 9.97. The van der Waals surface area contributed by atoms with Gasteiger partial charge in [-0.05, 0) is 71.2 Å². The summed E-state index contributed by atoms with van der Waals surface area (Å²) in [5, 5.41) is 4.35. The maximum absolute atomic E-state index is 6.31. The van der Waals surface area contributed by atoms with Crippen LogP contribution in [0.15, 0.2) is 35.0 Å². The minimum atomic E-state index is 0.177. The van der Waals surface area contributed by atoms with Crippen molar-refractivity contribution < 1.29 is 0 Å². The van der Waals surface area contributed by atoms with Crippen molar-refractivity contribution >= 4 is 11.3 Å². The summed E-state index contributed by atoms with van der Waals surface area (Å²) in [6, 6.07) is 9.21. The van der Waals surface area contributed by atoms with Gasteiger partial charge in [-0.15, -0.1) is 0 Å². The van der Waals surface area contributed by atoms with Crippen LogP contribution in [0.2, 0.25) is 0 Å². The molecule has 2 heteroatoms. The summed E-state index contributed by atoms with van der Waals surface area (Å²) < 4.78 is 0. The fraction of sp³-hybridized carbons (Fsp3) is 0.375. The molecule has 1 aliphatic carbocycles. The van der Waals surface area contributed by atoms with Gasteiger partial charge in [0.05, 0.1) is 0 Å². The molecular formula is C16H19NS. The topological polar surface area (TPSA) is 26.0 Å². The van der Waals surface area contributed by atoms with Gasteiger partial charge in [0, 0.05) is 6.04 Å². The molecule has 1 heterocycles. The number of rotatable bonds is 4. The zero-order valence-electron chi connectivity index (χ0n) is 10.6. The highest BCUT2D eigenvalue weighted by Crippen LogP contribution is 2.26. The Morgan fingerprint density at radius 1 is 1.17 bits per heavy atom. The van der Waals surface area contributed by atoms with Crippen LogP contribution >= 0.6 is 11.3 Å². The summed E-state index contributed by atoms with van der Waals surface area (Å²) in [5.41, 5.74) is 12.1. The normalized spacial score (nSPS) is 15.6. The molecule has 1 aliphatic rings. The SMILES string of the molecule is NC(CCc1ccsc1)c1ccc2c(c1)CCC2. The van der Waals surface area contributed by atoms with Crippen molar-refractivity contribution in [3.05, 3.63) is 57.3 Å². The first-order valence-electron chi connectivity index (χ1n) is 6.71. The molecule has 0 saturated heterocycles. The lowest BCUT2D eigenvalue weighted by molar-refractivity contribution is 0.651. The third-order valence-corrected chi connectivity index (χ3v) is 4.61. The van der Waals surface area contributed by atoms with E-state index in [-0.39, 0.29) is 6.04 Å². The number of fused-ring (bicyclic) bond motifs is 1. The lowest BCUT2D eigenvalue weighted by Gasteiger charge is -2.13. The van der Waals surface area contributed by atoms with Crippen LogP contribution in [0.25, 0.3) is 0 Å². The zero-order chi connectivity index (χ0) is 12.4.